The first-order valence-electron chi connectivity index (χ1n) is 15.0. The number of carboxylic acids is 1. The zero-order chi connectivity index (χ0) is 33.0. The van der Waals surface area contributed by atoms with Gasteiger partial charge in [-0.25, -0.2) is 9.59 Å². The average Bonchev–Trinajstić information content (AvgIpc) is 3.04. The van der Waals surface area contributed by atoms with Crippen LogP contribution in [0, 0.1) is 9.49 Å². The molecule has 10 heteroatoms. The minimum atomic E-state index is -0.819. The number of aliphatic carboxylic acids is 1. The topological polar surface area (TPSA) is 96.9 Å². The number of esters is 1. The summed E-state index contributed by atoms with van der Waals surface area (Å²) >= 11 is 14.9. The van der Waals surface area contributed by atoms with Crippen molar-refractivity contribution in [2.24, 2.45) is 5.92 Å². The number of hydrogen-bond donors (Lipinski definition) is 3. The van der Waals surface area contributed by atoms with Crippen molar-refractivity contribution in [3.05, 3.63) is 121 Å². The first-order chi connectivity index (χ1) is 22.1. The number of carboxylic acid groups (broad SMARTS) is 1. The largest absolute Gasteiger partial charge is 0.497 e. The highest BCUT2D eigenvalue weighted by molar-refractivity contribution is 14.1. The molecule has 2 heterocycles. The van der Waals surface area contributed by atoms with Crippen LogP contribution in [0.15, 0.2) is 84.9 Å². The van der Waals surface area contributed by atoms with E-state index in [9.17, 15) is 14.7 Å². The molecule has 0 spiro atoms. The van der Waals surface area contributed by atoms with Crippen molar-refractivity contribution in [1.82, 2.24) is 0 Å². The quantitative estimate of drug-likeness (QED) is 0.133. The van der Waals surface area contributed by atoms with Gasteiger partial charge >= 0.3 is 11.9 Å². The summed E-state index contributed by atoms with van der Waals surface area (Å²) in [6.45, 7) is 4.15. The number of carbonyl (C=O) groups excluding carboxylic acids is 1. The van der Waals surface area contributed by atoms with Crippen LogP contribution in [0.4, 0.5) is 11.4 Å². The Bertz CT molecular complexity index is 1700. The molecule has 4 aromatic rings. The number of nitrogens with one attached hydrogen (secondary N) is 2. The summed E-state index contributed by atoms with van der Waals surface area (Å²) in [5, 5.41) is 17.1. The molecule has 5 unspecified atom stereocenters. The molecular weight excluding hydrogens is 738 g/mol. The van der Waals surface area contributed by atoms with Crippen LogP contribution in [-0.2, 0) is 14.3 Å². The van der Waals surface area contributed by atoms with Crippen molar-refractivity contribution in [2.75, 3.05) is 24.4 Å². The Kier molecular flexibility index (Phi) is 11.0. The maximum atomic E-state index is 12.2. The molecule has 0 fully saturated rings. The van der Waals surface area contributed by atoms with E-state index >= 15 is 0 Å². The number of ether oxygens (including phenoxy) is 2. The standard InChI is InChI=1S/C18H17Cl2NO2.C18H18INO3/c1-2-23-18(22)16-10-13(11-6-4-3-5-7-11)17-14(20)8-12(19)9-15(17)21-16;1-10-16(11-3-6-13(23-2)7-4-11)14-9-12(19)5-8-15(14)20-17(10)18(21)22/h3-9,13,16,21H,2,10H2,1H3;3-10,16-17,20H,1-2H3,(H,21,22). The summed E-state index contributed by atoms with van der Waals surface area (Å²) in [4.78, 5) is 23.8. The Morgan fingerprint density at radius 2 is 1.65 bits per heavy atom. The van der Waals surface area contributed by atoms with E-state index in [4.69, 9.17) is 32.7 Å². The molecule has 240 valence electrons. The highest BCUT2D eigenvalue weighted by Gasteiger charge is 2.38. The molecule has 0 amide bonds. The van der Waals surface area contributed by atoms with E-state index in [0.29, 0.717) is 23.1 Å². The third-order valence-corrected chi connectivity index (χ3v) is 9.67. The molecule has 0 radical (unpaired) electrons. The lowest BCUT2D eigenvalue weighted by Crippen LogP contribution is -2.42. The van der Waals surface area contributed by atoms with Gasteiger partial charge in [-0.05, 0) is 101 Å². The molecule has 0 aliphatic carbocycles. The number of halogens is 3. The SMILES string of the molecule is CCOC(=O)C1CC(c2ccccc2)c2c(Cl)cc(Cl)cc2N1.COc1ccc(C2c3cc(I)ccc3NC(C(=O)O)C2C)cc1. The van der Waals surface area contributed by atoms with Crippen LogP contribution in [0.25, 0.3) is 0 Å². The summed E-state index contributed by atoms with van der Waals surface area (Å²) < 4.78 is 11.5. The molecular formula is C36H35Cl2IN2O5. The number of carbonyl (C=O) groups is 2. The lowest BCUT2D eigenvalue weighted by atomic mass is 9.74. The zero-order valence-electron chi connectivity index (χ0n) is 25.6. The van der Waals surface area contributed by atoms with Crippen LogP contribution >= 0.6 is 45.8 Å². The van der Waals surface area contributed by atoms with Gasteiger partial charge in [0.05, 0.1) is 13.7 Å². The molecule has 5 atom stereocenters. The van der Waals surface area contributed by atoms with Crippen molar-refractivity contribution >= 4 is 69.1 Å². The molecule has 0 saturated heterocycles. The Morgan fingerprint density at radius 1 is 0.935 bits per heavy atom. The van der Waals surface area contributed by atoms with Crippen LogP contribution < -0.4 is 15.4 Å². The first kappa shape index (κ1) is 33.9. The fourth-order valence-electron chi connectivity index (χ4n) is 6.32. The van der Waals surface area contributed by atoms with Gasteiger partial charge in [-0.3, -0.25) is 0 Å². The van der Waals surface area contributed by atoms with Gasteiger partial charge in [-0.15, -0.1) is 0 Å². The van der Waals surface area contributed by atoms with Crippen molar-refractivity contribution < 1.29 is 24.2 Å². The summed E-state index contributed by atoms with van der Waals surface area (Å²) in [6, 6.07) is 26.6. The fraction of sp³-hybridized carbons (Fsp3) is 0.278. The van der Waals surface area contributed by atoms with Crippen LogP contribution in [0.5, 0.6) is 5.75 Å². The van der Waals surface area contributed by atoms with Crippen LogP contribution in [0.2, 0.25) is 10.0 Å². The minimum absolute atomic E-state index is 0.0200. The molecule has 6 rings (SSSR count). The van der Waals surface area contributed by atoms with Gasteiger partial charge < -0.3 is 25.2 Å². The molecule has 3 N–H and O–H groups in total. The van der Waals surface area contributed by atoms with Crippen LogP contribution in [0.3, 0.4) is 0 Å². The molecule has 0 saturated carbocycles. The smallest absolute Gasteiger partial charge is 0.328 e. The lowest BCUT2D eigenvalue weighted by molar-refractivity contribution is -0.144. The molecule has 46 heavy (non-hydrogen) atoms. The highest BCUT2D eigenvalue weighted by Crippen LogP contribution is 2.45. The predicted octanol–water partition coefficient (Wildman–Crippen LogP) is 8.82. The molecule has 4 aromatic carbocycles. The number of hydrogen-bond acceptors (Lipinski definition) is 6. The second-order valence-electron chi connectivity index (χ2n) is 11.3. The van der Waals surface area contributed by atoms with Crippen molar-refractivity contribution in [3.8, 4) is 5.75 Å². The summed E-state index contributed by atoms with van der Waals surface area (Å²) in [7, 11) is 1.64. The summed E-state index contributed by atoms with van der Waals surface area (Å²) in [6.07, 6.45) is 0.594. The molecule has 7 nitrogen and oxygen atoms in total. The second-order valence-corrected chi connectivity index (χ2v) is 13.4. The van der Waals surface area contributed by atoms with E-state index in [-0.39, 0.29) is 23.7 Å². The maximum absolute atomic E-state index is 12.2. The highest BCUT2D eigenvalue weighted by atomic mass is 127. The van der Waals surface area contributed by atoms with Crippen molar-refractivity contribution in [1.29, 1.82) is 0 Å². The third kappa shape index (κ3) is 7.40. The van der Waals surface area contributed by atoms with Crippen LogP contribution in [-0.4, -0.2) is 42.8 Å². The Labute approximate surface area is 292 Å². The monoisotopic (exact) mass is 772 g/mol. The third-order valence-electron chi connectivity index (χ3n) is 8.47. The molecule has 0 bridgehead atoms. The van der Waals surface area contributed by atoms with E-state index in [2.05, 4.69) is 39.3 Å². The Morgan fingerprint density at radius 3 is 2.30 bits per heavy atom. The molecule has 0 aromatic heterocycles. The zero-order valence-corrected chi connectivity index (χ0v) is 29.3. The molecule has 2 aliphatic rings. The van der Waals surface area contributed by atoms with Crippen molar-refractivity contribution in [2.45, 2.75) is 44.2 Å². The van der Waals surface area contributed by atoms with E-state index < -0.39 is 18.1 Å². The van der Waals surface area contributed by atoms with E-state index in [1.54, 1.807) is 20.1 Å². The summed E-state index contributed by atoms with van der Waals surface area (Å²) in [5.74, 6) is -0.283. The Balaban J connectivity index is 0.000000181. The van der Waals surface area contributed by atoms with Gasteiger partial charge in [0.25, 0.3) is 0 Å². The summed E-state index contributed by atoms with van der Waals surface area (Å²) in [5.41, 5.74) is 6.04. The average molecular weight is 773 g/mol. The molecule has 2 aliphatic heterocycles. The lowest BCUT2D eigenvalue weighted by Gasteiger charge is -2.37. The van der Waals surface area contributed by atoms with Gasteiger partial charge in [0.1, 0.15) is 17.8 Å². The number of methoxy groups -OCH3 is 1. The van der Waals surface area contributed by atoms with E-state index in [1.165, 1.54) is 0 Å². The predicted molar refractivity (Wildman–Crippen MR) is 192 cm³/mol. The fourth-order valence-corrected chi connectivity index (χ4v) is 7.46. The Hall–Kier alpha value is -3.47. The maximum Gasteiger partial charge on any atom is 0.328 e. The number of rotatable bonds is 6. The van der Waals surface area contributed by atoms with Gasteiger partial charge in [-0.1, -0.05) is 72.6 Å². The van der Waals surface area contributed by atoms with Gasteiger partial charge in [0.15, 0.2) is 0 Å². The number of fused-ring (bicyclic) bond motifs is 2. The number of benzene rings is 4. The number of anilines is 2. The van der Waals surface area contributed by atoms with Gasteiger partial charge in [0.2, 0.25) is 0 Å². The van der Waals surface area contributed by atoms with Crippen molar-refractivity contribution in [3.63, 3.8) is 0 Å². The van der Waals surface area contributed by atoms with Crippen LogP contribution in [0.1, 0.15) is 54.4 Å². The first-order valence-corrected chi connectivity index (χ1v) is 16.8. The van der Waals surface area contributed by atoms with E-state index in [0.717, 1.165) is 42.9 Å². The second kappa shape index (κ2) is 15.0. The van der Waals surface area contributed by atoms with Gasteiger partial charge in [0, 0.05) is 42.4 Å². The van der Waals surface area contributed by atoms with E-state index in [1.807, 2.05) is 79.7 Å². The van der Waals surface area contributed by atoms with Gasteiger partial charge in [-0.2, -0.15) is 0 Å². The normalized spacial score (nSPS) is 21.2. The minimum Gasteiger partial charge on any atom is -0.497 e.